The molecular weight excluding hydrogens is 589 g/mol. The molecule has 3 nitrogen and oxygen atoms in total. The van der Waals surface area contributed by atoms with Gasteiger partial charge in [0.1, 0.15) is 5.75 Å². The van der Waals surface area contributed by atoms with E-state index in [1.54, 1.807) is 17.8 Å². The van der Waals surface area contributed by atoms with Gasteiger partial charge in [0.25, 0.3) is 0 Å². The zero-order valence-electron chi connectivity index (χ0n) is 20.8. The molecule has 4 aromatic rings. The number of rotatable bonds is 9. The molecule has 4 aromatic carbocycles. The molecule has 4 rings (SSSR count). The van der Waals surface area contributed by atoms with Crippen molar-refractivity contribution < 1.29 is 27.8 Å². The van der Waals surface area contributed by atoms with Crippen LogP contribution in [0.25, 0.3) is 16.7 Å². The highest BCUT2D eigenvalue weighted by Gasteiger charge is 2.29. The van der Waals surface area contributed by atoms with Gasteiger partial charge in [0.05, 0.1) is 5.56 Å². The Morgan fingerprint density at radius 3 is 2.00 bits per heavy atom. The summed E-state index contributed by atoms with van der Waals surface area (Å²) in [7, 11) is 0. The Morgan fingerprint density at radius 2 is 1.46 bits per heavy atom. The summed E-state index contributed by atoms with van der Waals surface area (Å²) in [5.41, 5.74) is 4.79. The van der Waals surface area contributed by atoms with Crippen molar-refractivity contribution in [3.05, 3.63) is 124 Å². The maximum atomic E-state index is 12.9. The van der Waals surface area contributed by atoms with Gasteiger partial charge in [0.15, 0.2) is 6.61 Å². The molecule has 0 radical (unpaired) electrons. The minimum absolute atomic E-state index is 0.385. The van der Waals surface area contributed by atoms with Crippen molar-refractivity contribution in [3.8, 4) is 16.9 Å². The second kappa shape index (κ2) is 12.6. The van der Waals surface area contributed by atoms with Crippen molar-refractivity contribution in [1.29, 1.82) is 0 Å². The Kier molecular flexibility index (Phi) is 9.20. The number of ether oxygens (including phenoxy) is 1. The molecule has 0 aliphatic carbocycles. The SMILES string of the molecule is Cc1cc(SCC=C(c2ccc(Br)cc2)c2ccc(-c3ccc(C(F)(F)F)cc3)cc2)ccc1OCC(=O)O. The lowest BCUT2D eigenvalue weighted by Gasteiger charge is -2.12. The number of hydrogen-bond donors (Lipinski definition) is 1. The lowest BCUT2D eigenvalue weighted by atomic mass is 9.95. The molecule has 0 saturated heterocycles. The highest BCUT2D eigenvalue weighted by Crippen LogP contribution is 2.33. The van der Waals surface area contributed by atoms with E-state index in [0.717, 1.165) is 49.3 Å². The average molecular weight is 613 g/mol. The summed E-state index contributed by atoms with van der Waals surface area (Å²) in [5, 5.41) is 8.83. The Balaban J connectivity index is 1.54. The molecule has 200 valence electrons. The molecule has 0 unspecified atom stereocenters. The molecule has 0 fully saturated rings. The fourth-order valence-electron chi connectivity index (χ4n) is 3.96. The van der Waals surface area contributed by atoms with Crippen LogP contribution in [0.2, 0.25) is 0 Å². The number of carboxylic acids is 1. The zero-order valence-corrected chi connectivity index (χ0v) is 23.2. The fourth-order valence-corrected chi connectivity index (χ4v) is 5.09. The summed E-state index contributed by atoms with van der Waals surface area (Å²) in [6, 6.07) is 26.6. The van der Waals surface area contributed by atoms with Gasteiger partial charge in [-0.3, -0.25) is 0 Å². The van der Waals surface area contributed by atoms with Gasteiger partial charge in [-0.2, -0.15) is 13.2 Å². The summed E-state index contributed by atoms with van der Waals surface area (Å²) in [4.78, 5) is 11.8. The molecule has 0 saturated carbocycles. The van der Waals surface area contributed by atoms with Gasteiger partial charge in [-0.05, 0) is 82.8 Å². The number of carbonyl (C=O) groups is 1. The van der Waals surface area contributed by atoms with Crippen molar-refractivity contribution in [2.45, 2.75) is 18.0 Å². The van der Waals surface area contributed by atoms with Gasteiger partial charge < -0.3 is 9.84 Å². The van der Waals surface area contributed by atoms with Gasteiger partial charge in [0.2, 0.25) is 0 Å². The van der Waals surface area contributed by atoms with Crippen LogP contribution in [0.1, 0.15) is 22.3 Å². The molecule has 0 amide bonds. The number of aryl methyl sites for hydroxylation is 1. The average Bonchev–Trinajstić information content (AvgIpc) is 2.91. The molecule has 0 spiro atoms. The topological polar surface area (TPSA) is 46.5 Å². The summed E-state index contributed by atoms with van der Waals surface area (Å²) in [5.74, 6) is 0.202. The first-order valence-corrected chi connectivity index (χ1v) is 13.7. The number of aliphatic carboxylic acids is 1. The number of thioether (sulfide) groups is 1. The first-order chi connectivity index (χ1) is 18.6. The Labute approximate surface area is 237 Å². The maximum Gasteiger partial charge on any atom is 0.416 e. The number of halogens is 4. The van der Waals surface area contributed by atoms with E-state index in [1.807, 2.05) is 67.6 Å². The minimum atomic E-state index is -4.36. The van der Waals surface area contributed by atoms with Crippen molar-refractivity contribution in [3.63, 3.8) is 0 Å². The van der Waals surface area contributed by atoms with Crippen molar-refractivity contribution in [2.75, 3.05) is 12.4 Å². The molecule has 39 heavy (non-hydrogen) atoms. The van der Waals surface area contributed by atoms with Gasteiger partial charge in [-0.15, -0.1) is 11.8 Å². The van der Waals surface area contributed by atoms with Crippen LogP contribution < -0.4 is 4.74 Å². The maximum absolute atomic E-state index is 12.9. The van der Waals surface area contributed by atoms with E-state index in [9.17, 15) is 18.0 Å². The molecule has 0 aliphatic heterocycles. The highest BCUT2D eigenvalue weighted by atomic mass is 79.9. The van der Waals surface area contributed by atoms with Crippen LogP contribution in [0.15, 0.2) is 106 Å². The predicted molar refractivity (Wildman–Crippen MR) is 153 cm³/mol. The number of hydrogen-bond acceptors (Lipinski definition) is 3. The Bertz CT molecular complexity index is 1460. The van der Waals surface area contributed by atoms with Crippen LogP contribution >= 0.6 is 27.7 Å². The molecule has 0 bridgehead atoms. The van der Waals surface area contributed by atoms with Crippen molar-refractivity contribution in [1.82, 2.24) is 0 Å². The Hall–Kier alpha value is -3.49. The lowest BCUT2D eigenvalue weighted by Crippen LogP contribution is -2.09. The van der Waals surface area contributed by atoms with Crippen LogP contribution in [0, 0.1) is 6.92 Å². The van der Waals surface area contributed by atoms with Gasteiger partial charge in [-0.1, -0.05) is 70.5 Å². The normalized spacial score (nSPS) is 11.9. The minimum Gasteiger partial charge on any atom is -0.482 e. The summed E-state index contributed by atoms with van der Waals surface area (Å²) in [6.07, 6.45) is -2.22. The first-order valence-electron chi connectivity index (χ1n) is 11.9. The standard InChI is InChI=1S/C31H24BrF3O3S/c1-20-18-27(14-15-29(20)38-19-30(36)37)39-17-16-28(24-8-12-26(32)13-9-24)23-4-2-21(3-5-23)22-6-10-25(11-7-22)31(33,34)35/h2-16,18H,17,19H2,1H3,(H,36,37). The summed E-state index contributed by atoms with van der Waals surface area (Å²) < 4.78 is 45.0. The van der Waals surface area contributed by atoms with Gasteiger partial charge in [-0.25, -0.2) is 4.79 Å². The van der Waals surface area contributed by atoms with Crippen molar-refractivity contribution >= 4 is 39.2 Å². The third-order valence-electron chi connectivity index (χ3n) is 5.93. The lowest BCUT2D eigenvalue weighted by molar-refractivity contribution is -0.139. The van der Waals surface area contributed by atoms with Crippen LogP contribution in [0.5, 0.6) is 5.75 Å². The molecule has 0 heterocycles. The molecular formula is C31H24BrF3O3S. The van der Waals surface area contributed by atoms with Crippen LogP contribution in [0.3, 0.4) is 0 Å². The van der Waals surface area contributed by atoms with Crippen molar-refractivity contribution in [2.24, 2.45) is 0 Å². The van der Waals surface area contributed by atoms with Gasteiger partial charge >= 0.3 is 12.1 Å². The van der Waals surface area contributed by atoms with Crippen LogP contribution in [-0.4, -0.2) is 23.4 Å². The number of carboxylic acid groups (broad SMARTS) is 1. The van der Waals surface area contributed by atoms with E-state index in [2.05, 4.69) is 22.0 Å². The second-order valence-corrected chi connectivity index (χ2v) is 10.7. The second-order valence-electron chi connectivity index (χ2n) is 8.70. The fraction of sp³-hybridized carbons (Fsp3) is 0.129. The predicted octanol–water partition coefficient (Wildman–Crippen LogP) is 9.13. The highest BCUT2D eigenvalue weighted by molar-refractivity contribution is 9.10. The smallest absolute Gasteiger partial charge is 0.416 e. The number of benzene rings is 4. The van der Waals surface area contributed by atoms with Crippen LogP contribution in [-0.2, 0) is 11.0 Å². The molecule has 8 heteroatoms. The van der Waals surface area contributed by atoms with E-state index >= 15 is 0 Å². The van der Waals surface area contributed by atoms with Gasteiger partial charge in [0, 0.05) is 15.1 Å². The monoisotopic (exact) mass is 612 g/mol. The third-order valence-corrected chi connectivity index (χ3v) is 7.38. The van der Waals surface area contributed by atoms with E-state index in [1.165, 1.54) is 12.1 Å². The molecule has 0 atom stereocenters. The van der Waals surface area contributed by atoms with E-state index < -0.39 is 17.7 Å². The molecule has 1 N–H and O–H groups in total. The summed E-state index contributed by atoms with van der Waals surface area (Å²) in [6.45, 7) is 1.49. The quantitative estimate of drug-likeness (QED) is 0.191. The van der Waals surface area contributed by atoms with Crippen LogP contribution in [0.4, 0.5) is 13.2 Å². The molecule has 0 aromatic heterocycles. The summed E-state index contributed by atoms with van der Waals surface area (Å²) >= 11 is 5.12. The zero-order chi connectivity index (χ0) is 28.0. The van der Waals surface area contributed by atoms with E-state index in [0.29, 0.717) is 17.1 Å². The van der Waals surface area contributed by atoms with E-state index in [-0.39, 0.29) is 6.61 Å². The first kappa shape index (κ1) is 28.5. The number of alkyl halides is 3. The third kappa shape index (κ3) is 7.77. The van der Waals surface area contributed by atoms with E-state index in [4.69, 9.17) is 9.84 Å². The molecule has 0 aliphatic rings. The largest absolute Gasteiger partial charge is 0.482 e. The Morgan fingerprint density at radius 1 is 0.897 bits per heavy atom.